The van der Waals surface area contributed by atoms with Crippen molar-refractivity contribution in [1.29, 1.82) is 0 Å². The fourth-order valence-electron chi connectivity index (χ4n) is 4.15. The number of fused-ring (bicyclic) bond motifs is 1. The van der Waals surface area contributed by atoms with Crippen LogP contribution in [0.5, 0.6) is 5.88 Å². The Morgan fingerprint density at radius 1 is 1.15 bits per heavy atom. The van der Waals surface area contributed by atoms with E-state index in [0.717, 1.165) is 34.4 Å². The molecule has 1 amide bonds. The maximum absolute atomic E-state index is 12.1. The lowest BCUT2D eigenvalue weighted by atomic mass is 10.1. The topological polar surface area (TPSA) is 89.0 Å². The third-order valence-corrected chi connectivity index (χ3v) is 7.67. The summed E-state index contributed by atoms with van der Waals surface area (Å²) in [7, 11) is -3.24. The molecule has 0 spiro atoms. The maximum Gasteiger partial charge on any atom is 0.410 e. The normalized spacial score (nSPS) is 16.8. The second-order valence-electron chi connectivity index (χ2n) is 8.65. The average Bonchev–Trinajstić information content (AvgIpc) is 3.18. The fourth-order valence-corrected chi connectivity index (χ4v) is 5.37. The van der Waals surface area contributed by atoms with Gasteiger partial charge in [0.1, 0.15) is 10.6 Å². The van der Waals surface area contributed by atoms with Crippen LogP contribution < -0.4 is 9.64 Å². The standard InChI is InChI=1S/C23H28BrN3O5S/c1-15(2)31-23(28)26-11-8-17(9-12-26)32-22-21(24)20(6-10-25-22)27-13-7-16-14-18(33(3,29)30)4-5-19(16)27/h4-6,10,14-15,17H,7-9,11-13H2,1-3H3. The molecule has 0 aliphatic carbocycles. The molecule has 4 rings (SSSR count). The van der Waals surface area contributed by atoms with E-state index in [-0.39, 0.29) is 18.3 Å². The highest BCUT2D eigenvalue weighted by Gasteiger charge is 2.28. The maximum atomic E-state index is 12.1. The molecule has 2 aliphatic rings. The third-order valence-electron chi connectivity index (χ3n) is 5.82. The Hall–Kier alpha value is -2.33. The molecule has 1 saturated heterocycles. The highest BCUT2D eigenvalue weighted by Crippen LogP contribution is 2.42. The molecule has 0 N–H and O–H groups in total. The van der Waals surface area contributed by atoms with E-state index in [4.69, 9.17) is 9.47 Å². The average molecular weight is 538 g/mol. The number of sulfone groups is 1. The van der Waals surface area contributed by atoms with Gasteiger partial charge in [-0.05, 0) is 66.0 Å². The largest absolute Gasteiger partial charge is 0.473 e. The van der Waals surface area contributed by atoms with Crippen LogP contribution in [0.1, 0.15) is 32.3 Å². The van der Waals surface area contributed by atoms with Crippen molar-refractivity contribution in [3.05, 3.63) is 40.5 Å². The molecular formula is C23H28BrN3O5S. The van der Waals surface area contributed by atoms with Gasteiger partial charge in [-0.1, -0.05) is 0 Å². The number of halogens is 1. The molecule has 33 heavy (non-hydrogen) atoms. The predicted molar refractivity (Wildman–Crippen MR) is 129 cm³/mol. The summed E-state index contributed by atoms with van der Waals surface area (Å²) in [6.07, 6.45) is 4.64. The van der Waals surface area contributed by atoms with Crippen LogP contribution in [0.3, 0.4) is 0 Å². The Kier molecular flexibility index (Phi) is 6.86. The van der Waals surface area contributed by atoms with Crippen molar-refractivity contribution >= 4 is 43.2 Å². The van der Waals surface area contributed by atoms with Crippen molar-refractivity contribution in [2.24, 2.45) is 0 Å². The molecule has 0 radical (unpaired) electrons. The first-order valence-corrected chi connectivity index (χ1v) is 13.7. The lowest BCUT2D eigenvalue weighted by molar-refractivity contribution is 0.0506. The molecule has 0 bridgehead atoms. The number of carbonyl (C=O) groups excluding carboxylic acids is 1. The lowest BCUT2D eigenvalue weighted by Crippen LogP contribution is -2.42. The van der Waals surface area contributed by atoms with Gasteiger partial charge in [-0.2, -0.15) is 0 Å². The number of rotatable bonds is 5. The molecule has 178 valence electrons. The summed E-state index contributed by atoms with van der Waals surface area (Å²) < 4.78 is 36.0. The van der Waals surface area contributed by atoms with Crippen molar-refractivity contribution in [2.45, 2.75) is 50.2 Å². The highest BCUT2D eigenvalue weighted by atomic mass is 79.9. The first kappa shape index (κ1) is 23.8. The molecule has 2 aliphatic heterocycles. The summed E-state index contributed by atoms with van der Waals surface area (Å²) in [6.45, 7) is 5.58. The number of anilines is 2. The van der Waals surface area contributed by atoms with Crippen LogP contribution >= 0.6 is 15.9 Å². The van der Waals surface area contributed by atoms with Crippen molar-refractivity contribution in [3.8, 4) is 5.88 Å². The van der Waals surface area contributed by atoms with E-state index in [2.05, 4.69) is 25.8 Å². The summed E-state index contributed by atoms with van der Waals surface area (Å²) in [4.78, 5) is 20.7. The van der Waals surface area contributed by atoms with Gasteiger partial charge in [-0.15, -0.1) is 0 Å². The van der Waals surface area contributed by atoms with Gasteiger partial charge in [0.05, 0.1) is 16.7 Å². The predicted octanol–water partition coefficient (Wildman–Crippen LogP) is 4.33. The zero-order chi connectivity index (χ0) is 23.8. The SMILES string of the molecule is CC(C)OC(=O)N1CCC(Oc2nccc(N3CCc4cc(S(C)(=O)=O)ccc43)c2Br)CC1. The fraction of sp³-hybridized carbons (Fsp3) is 0.478. The van der Waals surface area contributed by atoms with E-state index >= 15 is 0 Å². The van der Waals surface area contributed by atoms with Crippen LogP contribution in [0.25, 0.3) is 0 Å². The van der Waals surface area contributed by atoms with E-state index in [9.17, 15) is 13.2 Å². The number of nitrogens with zero attached hydrogens (tertiary/aromatic N) is 3. The summed E-state index contributed by atoms with van der Waals surface area (Å²) in [5.41, 5.74) is 2.91. The number of hydrogen-bond acceptors (Lipinski definition) is 7. The summed E-state index contributed by atoms with van der Waals surface area (Å²) >= 11 is 3.67. The minimum atomic E-state index is -3.24. The van der Waals surface area contributed by atoms with Crippen LogP contribution in [0.4, 0.5) is 16.2 Å². The monoisotopic (exact) mass is 537 g/mol. The van der Waals surface area contributed by atoms with E-state index < -0.39 is 9.84 Å². The van der Waals surface area contributed by atoms with Gasteiger partial charge in [-0.3, -0.25) is 0 Å². The number of ether oxygens (including phenoxy) is 2. The van der Waals surface area contributed by atoms with E-state index in [1.54, 1.807) is 23.2 Å². The van der Waals surface area contributed by atoms with Gasteiger partial charge < -0.3 is 19.3 Å². The number of benzene rings is 1. The lowest BCUT2D eigenvalue weighted by Gasteiger charge is -2.32. The zero-order valence-corrected chi connectivity index (χ0v) is 21.4. The first-order valence-electron chi connectivity index (χ1n) is 11.0. The summed E-state index contributed by atoms with van der Waals surface area (Å²) in [6, 6.07) is 7.19. The second kappa shape index (κ2) is 9.50. The third kappa shape index (κ3) is 5.27. The molecule has 1 fully saturated rings. The van der Waals surface area contributed by atoms with Crippen LogP contribution in [0.2, 0.25) is 0 Å². The van der Waals surface area contributed by atoms with Crippen LogP contribution in [-0.2, 0) is 21.0 Å². The molecule has 10 heteroatoms. The molecule has 0 saturated carbocycles. The van der Waals surface area contributed by atoms with E-state index in [1.807, 2.05) is 26.0 Å². The molecule has 8 nitrogen and oxygen atoms in total. The number of hydrogen-bond donors (Lipinski definition) is 0. The summed E-state index contributed by atoms with van der Waals surface area (Å²) in [5.74, 6) is 0.511. The second-order valence-corrected chi connectivity index (χ2v) is 11.5. The number of piperidine rings is 1. The minimum absolute atomic E-state index is 0.0460. The van der Waals surface area contributed by atoms with Gasteiger partial charge >= 0.3 is 6.09 Å². The molecule has 0 atom stereocenters. The Morgan fingerprint density at radius 2 is 1.88 bits per heavy atom. The quantitative estimate of drug-likeness (QED) is 0.560. The molecule has 0 unspecified atom stereocenters. The molecule has 2 aromatic rings. The van der Waals surface area contributed by atoms with Crippen molar-refractivity contribution in [1.82, 2.24) is 9.88 Å². The molecule has 1 aromatic heterocycles. The zero-order valence-electron chi connectivity index (χ0n) is 19.0. The Labute approximate surface area is 202 Å². The van der Waals surface area contributed by atoms with Crippen molar-refractivity contribution in [3.63, 3.8) is 0 Å². The van der Waals surface area contributed by atoms with Crippen LogP contribution in [0.15, 0.2) is 39.8 Å². The van der Waals surface area contributed by atoms with Gasteiger partial charge in [0.25, 0.3) is 0 Å². The van der Waals surface area contributed by atoms with Crippen LogP contribution in [-0.4, -0.2) is 62.5 Å². The Balaban J connectivity index is 1.46. The molecular weight excluding hydrogens is 510 g/mol. The Bertz CT molecular complexity index is 1150. The van der Waals surface area contributed by atoms with Gasteiger partial charge in [0.2, 0.25) is 5.88 Å². The van der Waals surface area contributed by atoms with E-state index in [0.29, 0.717) is 36.7 Å². The number of amides is 1. The first-order chi connectivity index (χ1) is 15.6. The van der Waals surface area contributed by atoms with Crippen molar-refractivity contribution in [2.75, 3.05) is 30.8 Å². The molecule has 3 heterocycles. The Morgan fingerprint density at radius 3 is 2.55 bits per heavy atom. The minimum Gasteiger partial charge on any atom is -0.473 e. The van der Waals surface area contributed by atoms with Crippen molar-refractivity contribution < 1.29 is 22.7 Å². The van der Waals surface area contributed by atoms with Crippen LogP contribution in [0, 0.1) is 0 Å². The van der Waals surface area contributed by atoms with Gasteiger partial charge in [0, 0.05) is 50.6 Å². The van der Waals surface area contributed by atoms with Gasteiger partial charge in [-0.25, -0.2) is 18.2 Å². The number of pyridine rings is 1. The number of carbonyl (C=O) groups is 1. The number of likely N-dealkylation sites (tertiary alicyclic amines) is 1. The highest BCUT2D eigenvalue weighted by molar-refractivity contribution is 9.10. The van der Waals surface area contributed by atoms with E-state index in [1.165, 1.54) is 6.26 Å². The van der Waals surface area contributed by atoms with Gasteiger partial charge in [0.15, 0.2) is 9.84 Å². The molecule has 1 aromatic carbocycles. The smallest absolute Gasteiger partial charge is 0.410 e. The number of aromatic nitrogens is 1. The summed E-state index contributed by atoms with van der Waals surface area (Å²) in [5, 5.41) is 0.